The van der Waals surface area contributed by atoms with Gasteiger partial charge in [0.1, 0.15) is 5.76 Å². The van der Waals surface area contributed by atoms with Gasteiger partial charge in [-0.15, -0.1) is 0 Å². The summed E-state index contributed by atoms with van der Waals surface area (Å²) in [4.78, 5) is 0. The Morgan fingerprint density at radius 3 is 2.92 bits per heavy atom. The third-order valence-electron chi connectivity index (χ3n) is 2.15. The van der Waals surface area contributed by atoms with Crippen LogP contribution < -0.4 is 0 Å². The van der Waals surface area contributed by atoms with Crippen molar-refractivity contribution in [3.05, 3.63) is 35.6 Å². The van der Waals surface area contributed by atoms with Crippen molar-refractivity contribution in [2.24, 2.45) is 5.92 Å². The van der Waals surface area contributed by atoms with Gasteiger partial charge in [-0.25, -0.2) is 0 Å². The number of hydrogen-bond acceptors (Lipinski definition) is 1. The van der Waals surface area contributed by atoms with Crippen LogP contribution in [-0.4, -0.2) is 6.61 Å². The molecule has 0 spiro atoms. The molecule has 1 atom stereocenters. The van der Waals surface area contributed by atoms with Crippen molar-refractivity contribution in [1.29, 1.82) is 0 Å². The van der Waals surface area contributed by atoms with E-state index in [0.29, 0.717) is 5.92 Å². The van der Waals surface area contributed by atoms with E-state index in [1.165, 1.54) is 5.57 Å². The Morgan fingerprint density at radius 1 is 1.38 bits per heavy atom. The highest BCUT2D eigenvalue weighted by Gasteiger charge is 2.20. The van der Waals surface area contributed by atoms with Gasteiger partial charge in [0.15, 0.2) is 0 Å². The summed E-state index contributed by atoms with van der Waals surface area (Å²) in [5, 5.41) is 0. The minimum Gasteiger partial charge on any atom is -0.497 e. The average Bonchev–Trinajstić information content (AvgIpc) is 2.50. The predicted molar refractivity (Wildman–Crippen MR) is 56.4 cm³/mol. The summed E-state index contributed by atoms with van der Waals surface area (Å²) in [6.07, 6.45) is 9.68. The average molecular weight is 178 g/mol. The first-order valence-corrected chi connectivity index (χ1v) is 5.06. The fourth-order valence-corrected chi connectivity index (χ4v) is 1.56. The summed E-state index contributed by atoms with van der Waals surface area (Å²) in [5.74, 6) is 1.68. The van der Waals surface area contributed by atoms with Gasteiger partial charge in [0.2, 0.25) is 0 Å². The summed E-state index contributed by atoms with van der Waals surface area (Å²) in [6.45, 7) is 7.01. The molecular weight excluding hydrogens is 160 g/mol. The van der Waals surface area contributed by atoms with Crippen LogP contribution in [0, 0.1) is 5.92 Å². The molecule has 0 saturated carbocycles. The molecule has 2 aliphatic rings. The molecule has 1 aliphatic carbocycles. The Kier molecular flexibility index (Phi) is 3.81. The molecule has 0 N–H and O–H groups in total. The third-order valence-corrected chi connectivity index (χ3v) is 2.15. The number of hydrogen-bond donors (Lipinski definition) is 0. The smallest absolute Gasteiger partial charge is 0.103 e. The fraction of sp³-hybridized carbons (Fsp3) is 0.500. The zero-order valence-corrected chi connectivity index (χ0v) is 8.71. The van der Waals surface area contributed by atoms with Gasteiger partial charge in [-0.2, -0.15) is 0 Å². The van der Waals surface area contributed by atoms with E-state index in [9.17, 15) is 0 Å². The van der Waals surface area contributed by atoms with Crippen molar-refractivity contribution in [1.82, 2.24) is 0 Å². The van der Waals surface area contributed by atoms with Crippen LogP contribution in [0.3, 0.4) is 0 Å². The normalized spacial score (nSPS) is 24.4. The van der Waals surface area contributed by atoms with Crippen LogP contribution in [0.25, 0.3) is 0 Å². The van der Waals surface area contributed by atoms with Gasteiger partial charge in [-0.1, -0.05) is 37.6 Å². The summed E-state index contributed by atoms with van der Waals surface area (Å²) in [7, 11) is 0. The highest BCUT2D eigenvalue weighted by atomic mass is 16.5. The Hall–Kier alpha value is -0.980. The summed E-state index contributed by atoms with van der Waals surface area (Å²) >= 11 is 0. The maximum atomic E-state index is 5.45. The molecule has 72 valence electrons. The molecule has 0 bridgehead atoms. The molecule has 1 fully saturated rings. The van der Waals surface area contributed by atoms with Crippen LogP contribution in [0.1, 0.15) is 27.2 Å². The zero-order valence-electron chi connectivity index (χ0n) is 8.71. The quantitative estimate of drug-likeness (QED) is 0.552. The molecule has 2 rings (SSSR count). The van der Waals surface area contributed by atoms with Gasteiger partial charge >= 0.3 is 0 Å². The molecule has 1 heteroatoms. The first kappa shape index (κ1) is 10.1. The molecular formula is C12H18O. The van der Waals surface area contributed by atoms with Crippen molar-refractivity contribution in [3.8, 4) is 0 Å². The highest BCUT2D eigenvalue weighted by molar-refractivity contribution is 5.30. The number of rotatable bonds is 0. The maximum absolute atomic E-state index is 5.45. The van der Waals surface area contributed by atoms with Gasteiger partial charge < -0.3 is 4.74 Å². The lowest BCUT2D eigenvalue weighted by Gasteiger charge is -2.01. The maximum Gasteiger partial charge on any atom is 0.103 e. The summed E-state index contributed by atoms with van der Waals surface area (Å²) in [5.41, 5.74) is 1.34. The first-order chi connectivity index (χ1) is 6.36. The van der Waals surface area contributed by atoms with Crippen LogP contribution in [0.5, 0.6) is 0 Å². The topological polar surface area (TPSA) is 9.23 Å². The Labute approximate surface area is 80.8 Å². The Balaban J connectivity index is 0.000000396. The van der Waals surface area contributed by atoms with E-state index in [1.54, 1.807) is 0 Å². The fourth-order valence-electron chi connectivity index (χ4n) is 1.56. The van der Waals surface area contributed by atoms with E-state index in [2.05, 4.69) is 31.2 Å². The van der Waals surface area contributed by atoms with Crippen LogP contribution >= 0.6 is 0 Å². The Morgan fingerprint density at radius 2 is 2.15 bits per heavy atom. The highest BCUT2D eigenvalue weighted by Crippen LogP contribution is 2.28. The van der Waals surface area contributed by atoms with Crippen molar-refractivity contribution >= 4 is 0 Å². The molecule has 0 amide bonds. The molecule has 1 aliphatic heterocycles. The molecule has 0 radical (unpaired) electrons. The predicted octanol–water partition coefficient (Wildman–Crippen LogP) is 3.45. The standard InChI is InChI=1S/C10H12O.C2H6/c1-8-3-2-4-10-9(7-8)5-6-11-10;1-2/h2-4,7,9H,5-6H2,1H3;1-2H3. The zero-order chi connectivity index (χ0) is 9.68. The van der Waals surface area contributed by atoms with Gasteiger partial charge in [-0.05, 0) is 19.4 Å². The third kappa shape index (κ3) is 2.48. The molecule has 1 heterocycles. The number of allylic oxidation sites excluding steroid dienone is 5. The van der Waals surface area contributed by atoms with Crippen LogP contribution in [0.2, 0.25) is 0 Å². The molecule has 0 aromatic carbocycles. The van der Waals surface area contributed by atoms with Crippen molar-refractivity contribution in [3.63, 3.8) is 0 Å². The first-order valence-electron chi connectivity index (χ1n) is 5.06. The lowest BCUT2D eigenvalue weighted by molar-refractivity contribution is 0.261. The van der Waals surface area contributed by atoms with E-state index in [4.69, 9.17) is 4.74 Å². The minimum atomic E-state index is 0.546. The summed E-state index contributed by atoms with van der Waals surface area (Å²) in [6, 6.07) is 0. The monoisotopic (exact) mass is 178 g/mol. The second-order valence-corrected chi connectivity index (χ2v) is 3.08. The SMILES string of the molecule is CC.CC1=CC2CCOC2=CC=C1. The second kappa shape index (κ2) is 4.90. The second-order valence-electron chi connectivity index (χ2n) is 3.08. The van der Waals surface area contributed by atoms with Crippen LogP contribution in [0.4, 0.5) is 0 Å². The Bertz CT molecular complexity index is 246. The lowest BCUT2D eigenvalue weighted by atomic mass is 10.0. The van der Waals surface area contributed by atoms with Gasteiger partial charge in [0.25, 0.3) is 0 Å². The molecule has 0 aromatic heterocycles. The molecule has 0 aromatic rings. The molecule has 1 nitrogen and oxygen atoms in total. The minimum absolute atomic E-state index is 0.546. The van der Waals surface area contributed by atoms with Gasteiger partial charge in [0.05, 0.1) is 6.61 Å². The number of ether oxygens (including phenoxy) is 1. The lowest BCUT2D eigenvalue weighted by Crippen LogP contribution is -1.91. The summed E-state index contributed by atoms with van der Waals surface area (Å²) < 4.78 is 5.45. The van der Waals surface area contributed by atoms with Crippen LogP contribution in [0.15, 0.2) is 35.6 Å². The van der Waals surface area contributed by atoms with Gasteiger partial charge in [-0.3, -0.25) is 0 Å². The van der Waals surface area contributed by atoms with Crippen molar-refractivity contribution in [2.45, 2.75) is 27.2 Å². The van der Waals surface area contributed by atoms with E-state index in [1.807, 2.05) is 13.8 Å². The van der Waals surface area contributed by atoms with E-state index in [0.717, 1.165) is 18.8 Å². The number of fused-ring (bicyclic) bond motifs is 1. The van der Waals surface area contributed by atoms with Gasteiger partial charge in [0, 0.05) is 5.92 Å². The van der Waals surface area contributed by atoms with Crippen LogP contribution in [-0.2, 0) is 4.74 Å². The largest absolute Gasteiger partial charge is 0.497 e. The molecule has 13 heavy (non-hydrogen) atoms. The van der Waals surface area contributed by atoms with E-state index < -0.39 is 0 Å². The van der Waals surface area contributed by atoms with Crippen molar-refractivity contribution in [2.75, 3.05) is 6.61 Å². The molecule has 1 unspecified atom stereocenters. The molecule has 1 saturated heterocycles. The van der Waals surface area contributed by atoms with Crippen molar-refractivity contribution < 1.29 is 4.74 Å². The van der Waals surface area contributed by atoms with E-state index in [-0.39, 0.29) is 0 Å². The van der Waals surface area contributed by atoms with E-state index >= 15 is 0 Å².